The maximum absolute atomic E-state index is 5.69. The average molecular weight is 275 g/mol. The predicted octanol–water partition coefficient (Wildman–Crippen LogP) is 2.87. The molecule has 1 aromatic heterocycles. The van der Waals surface area contributed by atoms with Crippen LogP contribution in [0.2, 0.25) is 0 Å². The van der Waals surface area contributed by atoms with Gasteiger partial charge in [-0.1, -0.05) is 31.1 Å². The molecule has 0 bridgehead atoms. The molecule has 2 N–H and O–H groups in total. The molecule has 1 aromatic rings. The van der Waals surface area contributed by atoms with Crippen LogP contribution in [-0.2, 0) is 0 Å². The third-order valence-corrected chi connectivity index (χ3v) is 4.73. The number of piperidine rings is 1. The molecule has 3 nitrogen and oxygen atoms in total. The summed E-state index contributed by atoms with van der Waals surface area (Å²) in [4.78, 5) is 7.53. The van der Waals surface area contributed by atoms with Crippen LogP contribution in [0.5, 0.6) is 0 Å². The van der Waals surface area contributed by atoms with Crippen LogP contribution in [0.25, 0.3) is 0 Å². The van der Waals surface area contributed by atoms with Crippen molar-refractivity contribution >= 4 is 23.0 Å². The second-order valence-electron chi connectivity index (χ2n) is 5.69. The number of aromatic nitrogens is 1. The summed E-state index contributed by atoms with van der Waals surface area (Å²) in [6.07, 6.45) is 8.11. The van der Waals surface area contributed by atoms with Crippen molar-refractivity contribution in [2.45, 2.75) is 44.6 Å². The number of hydrogen-bond donors (Lipinski definition) is 1. The SMILES string of the molecule is NC(=S)c1cccc(N2CCCC3CCCCC32)n1. The monoisotopic (exact) mass is 275 g/mol. The van der Waals surface area contributed by atoms with Gasteiger partial charge in [-0.15, -0.1) is 0 Å². The molecule has 0 aromatic carbocycles. The molecule has 1 saturated carbocycles. The molecule has 2 heterocycles. The minimum atomic E-state index is 0.388. The summed E-state index contributed by atoms with van der Waals surface area (Å²) in [5.41, 5.74) is 6.44. The fourth-order valence-electron chi connectivity index (χ4n) is 3.63. The highest BCUT2D eigenvalue weighted by Gasteiger charge is 2.33. The fraction of sp³-hybridized carbons (Fsp3) is 0.600. The predicted molar refractivity (Wildman–Crippen MR) is 82.5 cm³/mol. The molecule has 3 rings (SSSR count). The van der Waals surface area contributed by atoms with Crippen molar-refractivity contribution in [2.24, 2.45) is 11.7 Å². The number of rotatable bonds is 2. The summed E-state index contributed by atoms with van der Waals surface area (Å²) in [5.74, 6) is 1.92. The van der Waals surface area contributed by atoms with Crippen molar-refractivity contribution in [3.8, 4) is 0 Å². The molecule has 1 saturated heterocycles. The van der Waals surface area contributed by atoms with Gasteiger partial charge in [-0.25, -0.2) is 4.98 Å². The van der Waals surface area contributed by atoms with Crippen LogP contribution in [-0.4, -0.2) is 22.6 Å². The number of anilines is 1. The van der Waals surface area contributed by atoms with Gasteiger partial charge in [0, 0.05) is 12.6 Å². The van der Waals surface area contributed by atoms with Crippen LogP contribution < -0.4 is 10.6 Å². The van der Waals surface area contributed by atoms with Crippen LogP contribution in [0.3, 0.4) is 0 Å². The van der Waals surface area contributed by atoms with Crippen molar-refractivity contribution in [1.29, 1.82) is 0 Å². The van der Waals surface area contributed by atoms with E-state index < -0.39 is 0 Å². The number of thiocarbonyl (C=S) groups is 1. The van der Waals surface area contributed by atoms with Gasteiger partial charge in [-0.2, -0.15) is 0 Å². The first-order valence-corrected chi connectivity index (χ1v) is 7.70. The maximum Gasteiger partial charge on any atom is 0.129 e. The Morgan fingerprint density at radius 2 is 2.00 bits per heavy atom. The van der Waals surface area contributed by atoms with E-state index in [9.17, 15) is 0 Å². The Labute approximate surface area is 120 Å². The van der Waals surface area contributed by atoms with E-state index in [0.717, 1.165) is 24.0 Å². The molecule has 2 atom stereocenters. The quantitative estimate of drug-likeness (QED) is 0.843. The molecule has 0 amide bonds. The summed E-state index contributed by atoms with van der Waals surface area (Å²) in [6, 6.07) is 6.69. The normalized spacial score (nSPS) is 26.8. The van der Waals surface area contributed by atoms with Gasteiger partial charge in [0.1, 0.15) is 10.8 Å². The molecule has 1 aliphatic heterocycles. The molecule has 2 fully saturated rings. The smallest absolute Gasteiger partial charge is 0.129 e. The highest BCUT2D eigenvalue weighted by atomic mass is 32.1. The Hall–Kier alpha value is -1.16. The Bertz CT molecular complexity index is 472. The number of nitrogens with two attached hydrogens (primary N) is 1. The first-order valence-electron chi connectivity index (χ1n) is 7.29. The van der Waals surface area contributed by atoms with E-state index in [0.29, 0.717) is 11.0 Å². The minimum Gasteiger partial charge on any atom is -0.388 e. The Morgan fingerprint density at radius 3 is 2.84 bits per heavy atom. The third-order valence-electron chi connectivity index (χ3n) is 4.52. The van der Waals surface area contributed by atoms with Crippen molar-refractivity contribution < 1.29 is 0 Å². The van der Waals surface area contributed by atoms with Crippen LogP contribution in [0, 0.1) is 5.92 Å². The zero-order chi connectivity index (χ0) is 13.2. The Balaban J connectivity index is 1.87. The first-order chi connectivity index (χ1) is 9.25. The zero-order valence-electron chi connectivity index (χ0n) is 11.2. The van der Waals surface area contributed by atoms with E-state index in [1.807, 2.05) is 12.1 Å². The van der Waals surface area contributed by atoms with Gasteiger partial charge in [0.25, 0.3) is 0 Å². The minimum absolute atomic E-state index is 0.388. The molecule has 0 spiro atoms. The topological polar surface area (TPSA) is 42.1 Å². The largest absolute Gasteiger partial charge is 0.388 e. The van der Waals surface area contributed by atoms with Crippen molar-refractivity contribution in [3.63, 3.8) is 0 Å². The molecule has 2 unspecified atom stereocenters. The lowest BCUT2D eigenvalue weighted by molar-refractivity contribution is 0.243. The van der Waals surface area contributed by atoms with Crippen molar-refractivity contribution in [2.75, 3.05) is 11.4 Å². The van der Waals surface area contributed by atoms with E-state index in [2.05, 4.69) is 16.0 Å². The Morgan fingerprint density at radius 1 is 1.21 bits per heavy atom. The lowest BCUT2D eigenvalue weighted by Crippen LogP contribution is -2.47. The second-order valence-corrected chi connectivity index (χ2v) is 6.13. The van der Waals surface area contributed by atoms with Gasteiger partial charge in [0.05, 0.1) is 5.69 Å². The van der Waals surface area contributed by atoms with Gasteiger partial charge < -0.3 is 10.6 Å². The van der Waals surface area contributed by atoms with Gasteiger partial charge >= 0.3 is 0 Å². The summed E-state index contributed by atoms with van der Waals surface area (Å²) < 4.78 is 0. The average Bonchev–Trinajstić information content (AvgIpc) is 2.47. The van der Waals surface area contributed by atoms with E-state index in [1.54, 1.807) is 0 Å². The van der Waals surface area contributed by atoms with Gasteiger partial charge in [-0.05, 0) is 43.7 Å². The number of fused-ring (bicyclic) bond motifs is 1. The molecule has 19 heavy (non-hydrogen) atoms. The van der Waals surface area contributed by atoms with Gasteiger partial charge in [0.15, 0.2) is 0 Å². The van der Waals surface area contributed by atoms with E-state index in [4.69, 9.17) is 18.0 Å². The molecule has 2 aliphatic rings. The summed E-state index contributed by atoms with van der Waals surface area (Å²) in [7, 11) is 0. The molecule has 4 heteroatoms. The number of nitrogens with zero attached hydrogens (tertiary/aromatic N) is 2. The van der Waals surface area contributed by atoms with Crippen LogP contribution in [0.15, 0.2) is 18.2 Å². The number of hydrogen-bond acceptors (Lipinski definition) is 3. The fourth-order valence-corrected chi connectivity index (χ4v) is 3.74. The lowest BCUT2D eigenvalue weighted by Gasteiger charge is -2.44. The molecule has 0 radical (unpaired) electrons. The van der Waals surface area contributed by atoms with Crippen molar-refractivity contribution in [1.82, 2.24) is 4.98 Å². The molecule has 102 valence electrons. The third kappa shape index (κ3) is 2.59. The highest BCUT2D eigenvalue weighted by Crippen LogP contribution is 2.37. The summed E-state index contributed by atoms with van der Waals surface area (Å²) in [6.45, 7) is 1.12. The van der Waals surface area contributed by atoms with Gasteiger partial charge in [0.2, 0.25) is 0 Å². The molecular formula is C15H21N3S. The van der Waals surface area contributed by atoms with Crippen LogP contribution >= 0.6 is 12.2 Å². The van der Waals surface area contributed by atoms with E-state index in [1.165, 1.54) is 38.5 Å². The van der Waals surface area contributed by atoms with Crippen LogP contribution in [0.4, 0.5) is 5.82 Å². The lowest BCUT2D eigenvalue weighted by atomic mass is 9.78. The van der Waals surface area contributed by atoms with Crippen molar-refractivity contribution in [3.05, 3.63) is 23.9 Å². The van der Waals surface area contributed by atoms with E-state index >= 15 is 0 Å². The molecule has 1 aliphatic carbocycles. The zero-order valence-corrected chi connectivity index (χ0v) is 12.0. The first kappa shape index (κ1) is 12.9. The van der Waals surface area contributed by atoms with E-state index in [-0.39, 0.29) is 0 Å². The van der Waals surface area contributed by atoms with Crippen LogP contribution in [0.1, 0.15) is 44.2 Å². The Kier molecular flexibility index (Phi) is 3.69. The number of pyridine rings is 1. The standard InChI is InChI=1S/C15H21N3S/c16-15(19)12-7-3-9-14(17-12)18-10-4-6-11-5-1-2-8-13(11)18/h3,7,9,11,13H,1-2,4-6,8,10H2,(H2,16,19). The highest BCUT2D eigenvalue weighted by molar-refractivity contribution is 7.80. The summed E-state index contributed by atoms with van der Waals surface area (Å²) >= 11 is 5.03. The summed E-state index contributed by atoms with van der Waals surface area (Å²) in [5, 5.41) is 0. The van der Waals surface area contributed by atoms with Gasteiger partial charge in [-0.3, -0.25) is 0 Å². The molecular weight excluding hydrogens is 254 g/mol. The second kappa shape index (κ2) is 5.45. The maximum atomic E-state index is 5.69.